The van der Waals surface area contributed by atoms with Gasteiger partial charge in [0, 0.05) is 17.5 Å². The first-order chi connectivity index (χ1) is 15.7. The van der Waals surface area contributed by atoms with Gasteiger partial charge in [0.15, 0.2) is 0 Å². The highest BCUT2D eigenvalue weighted by molar-refractivity contribution is 6.08. The van der Waals surface area contributed by atoms with Gasteiger partial charge in [0.1, 0.15) is 12.4 Å². The van der Waals surface area contributed by atoms with Gasteiger partial charge < -0.3 is 10.4 Å². The molecule has 6 nitrogen and oxygen atoms in total. The number of benzene rings is 3. The van der Waals surface area contributed by atoms with Crippen LogP contribution in [-0.4, -0.2) is 29.4 Å². The van der Waals surface area contributed by atoms with E-state index < -0.39 is 17.8 Å². The van der Waals surface area contributed by atoms with Crippen LogP contribution >= 0.6 is 0 Å². The number of aromatic carboxylic acids is 1. The number of carboxylic acids is 1. The Balaban J connectivity index is 1.80. The number of anilines is 2. The minimum Gasteiger partial charge on any atom is -0.478 e. The summed E-state index contributed by atoms with van der Waals surface area (Å²) in [4.78, 5) is 38.0. The Morgan fingerprint density at radius 2 is 1.61 bits per heavy atom. The van der Waals surface area contributed by atoms with Crippen LogP contribution in [0.2, 0.25) is 0 Å². The quantitative estimate of drug-likeness (QED) is 0.509. The SMILES string of the molecule is Cc1ccc(N(CC(=O)Nc2ccc(C(=O)O)cc2)C(=O)/C=C/c2ccc(F)cc2)cc1C. The number of rotatable bonds is 7. The van der Waals surface area contributed by atoms with Gasteiger partial charge in [-0.25, -0.2) is 9.18 Å². The first-order valence-corrected chi connectivity index (χ1v) is 10.2. The van der Waals surface area contributed by atoms with E-state index in [4.69, 9.17) is 5.11 Å². The smallest absolute Gasteiger partial charge is 0.335 e. The predicted octanol–water partition coefficient (Wildman–Crippen LogP) is 4.83. The Bertz CT molecular complexity index is 1200. The second-order valence-corrected chi connectivity index (χ2v) is 7.51. The van der Waals surface area contributed by atoms with E-state index in [1.54, 1.807) is 24.3 Å². The molecule has 0 fully saturated rings. The molecule has 0 bridgehead atoms. The van der Waals surface area contributed by atoms with Crippen molar-refractivity contribution >= 4 is 35.2 Å². The number of hydrogen-bond acceptors (Lipinski definition) is 3. The van der Waals surface area contributed by atoms with E-state index in [-0.39, 0.29) is 17.9 Å². The summed E-state index contributed by atoms with van der Waals surface area (Å²) in [5.74, 6) is -2.30. The van der Waals surface area contributed by atoms with Crippen molar-refractivity contribution in [2.24, 2.45) is 0 Å². The van der Waals surface area contributed by atoms with Crippen LogP contribution in [0.1, 0.15) is 27.0 Å². The van der Waals surface area contributed by atoms with E-state index >= 15 is 0 Å². The molecule has 2 N–H and O–H groups in total. The van der Waals surface area contributed by atoms with E-state index in [0.29, 0.717) is 16.9 Å². The molecule has 0 unspecified atom stereocenters. The van der Waals surface area contributed by atoms with E-state index in [0.717, 1.165) is 11.1 Å². The van der Waals surface area contributed by atoms with Crippen LogP contribution in [-0.2, 0) is 9.59 Å². The van der Waals surface area contributed by atoms with Gasteiger partial charge in [-0.3, -0.25) is 14.5 Å². The molecule has 7 heteroatoms. The van der Waals surface area contributed by atoms with Gasteiger partial charge in [0.25, 0.3) is 5.91 Å². The zero-order chi connectivity index (χ0) is 24.0. The molecule has 33 heavy (non-hydrogen) atoms. The highest BCUT2D eigenvalue weighted by Crippen LogP contribution is 2.20. The van der Waals surface area contributed by atoms with Gasteiger partial charge in [-0.05, 0) is 85.1 Å². The Labute approximate surface area is 191 Å². The molecule has 0 aliphatic heterocycles. The molecule has 3 aromatic rings. The third-order valence-corrected chi connectivity index (χ3v) is 5.07. The minimum absolute atomic E-state index is 0.103. The van der Waals surface area contributed by atoms with Crippen LogP contribution in [0.4, 0.5) is 15.8 Å². The number of amides is 2. The van der Waals surface area contributed by atoms with Gasteiger partial charge in [0.05, 0.1) is 5.56 Å². The lowest BCUT2D eigenvalue weighted by Gasteiger charge is -2.22. The summed E-state index contributed by atoms with van der Waals surface area (Å²) < 4.78 is 13.1. The van der Waals surface area contributed by atoms with E-state index in [2.05, 4.69) is 5.32 Å². The third-order valence-electron chi connectivity index (χ3n) is 5.07. The van der Waals surface area contributed by atoms with Gasteiger partial charge in [0.2, 0.25) is 5.91 Å². The molecule has 0 spiro atoms. The molecular weight excluding hydrogens is 423 g/mol. The molecule has 0 saturated heterocycles. The largest absolute Gasteiger partial charge is 0.478 e. The van der Waals surface area contributed by atoms with Crippen LogP contribution in [0.3, 0.4) is 0 Å². The number of nitrogens with one attached hydrogen (secondary N) is 1. The number of halogens is 1. The summed E-state index contributed by atoms with van der Waals surface area (Å²) in [6.45, 7) is 3.61. The van der Waals surface area contributed by atoms with Crippen molar-refractivity contribution < 1.29 is 23.9 Å². The fraction of sp³-hybridized carbons (Fsp3) is 0.115. The molecule has 0 radical (unpaired) electrons. The van der Waals surface area contributed by atoms with Crippen LogP contribution < -0.4 is 10.2 Å². The summed E-state index contributed by atoms with van der Waals surface area (Å²) >= 11 is 0. The first-order valence-electron chi connectivity index (χ1n) is 10.2. The molecule has 0 saturated carbocycles. The Kier molecular flexibility index (Phi) is 7.35. The van der Waals surface area contributed by atoms with Crippen molar-refractivity contribution in [3.8, 4) is 0 Å². The van der Waals surface area contributed by atoms with E-state index in [1.807, 2.05) is 26.0 Å². The van der Waals surface area contributed by atoms with E-state index in [9.17, 15) is 18.8 Å². The number of nitrogens with zero attached hydrogens (tertiary/aromatic N) is 1. The summed E-state index contributed by atoms with van der Waals surface area (Å²) in [6.07, 6.45) is 2.88. The number of hydrogen-bond donors (Lipinski definition) is 2. The molecule has 0 aliphatic carbocycles. The van der Waals surface area contributed by atoms with E-state index in [1.165, 1.54) is 47.4 Å². The van der Waals surface area contributed by atoms with Crippen LogP contribution in [0.5, 0.6) is 0 Å². The normalized spacial score (nSPS) is 10.8. The minimum atomic E-state index is -1.06. The number of carboxylic acid groups (broad SMARTS) is 1. The van der Waals surface area contributed by atoms with Gasteiger partial charge in [-0.15, -0.1) is 0 Å². The average Bonchev–Trinajstić information content (AvgIpc) is 2.79. The zero-order valence-electron chi connectivity index (χ0n) is 18.2. The summed E-state index contributed by atoms with van der Waals surface area (Å²) in [6, 6.07) is 16.9. The van der Waals surface area contributed by atoms with Crippen molar-refractivity contribution in [1.82, 2.24) is 0 Å². The predicted molar refractivity (Wildman–Crippen MR) is 126 cm³/mol. The Morgan fingerprint density at radius 3 is 2.21 bits per heavy atom. The highest BCUT2D eigenvalue weighted by Gasteiger charge is 2.18. The topological polar surface area (TPSA) is 86.7 Å². The fourth-order valence-corrected chi connectivity index (χ4v) is 3.06. The summed E-state index contributed by atoms with van der Waals surface area (Å²) in [5, 5.41) is 11.7. The molecular formula is C26H23FN2O4. The molecule has 0 atom stereocenters. The van der Waals surface area contributed by atoms with Gasteiger partial charge >= 0.3 is 5.97 Å². The van der Waals surface area contributed by atoms with Gasteiger partial charge in [-0.2, -0.15) is 0 Å². The second kappa shape index (κ2) is 10.4. The summed E-state index contributed by atoms with van der Waals surface area (Å²) in [7, 11) is 0. The molecule has 0 aliphatic rings. The maximum absolute atomic E-state index is 13.1. The average molecular weight is 446 g/mol. The monoisotopic (exact) mass is 446 g/mol. The third kappa shape index (κ3) is 6.36. The van der Waals surface area contributed by atoms with Crippen molar-refractivity contribution in [2.45, 2.75) is 13.8 Å². The Hall–Kier alpha value is -4.26. The lowest BCUT2D eigenvalue weighted by molar-refractivity contribution is -0.119. The summed E-state index contributed by atoms with van der Waals surface area (Å²) in [5.41, 5.74) is 3.75. The molecule has 3 rings (SSSR count). The lowest BCUT2D eigenvalue weighted by Crippen LogP contribution is -2.37. The number of aryl methyl sites for hydroxylation is 2. The fourth-order valence-electron chi connectivity index (χ4n) is 3.06. The standard InChI is InChI=1S/C26H23FN2O4/c1-17-3-13-23(15-18(17)2)29(25(31)14-6-19-4-9-21(27)10-5-19)16-24(30)28-22-11-7-20(8-12-22)26(32)33/h3-15H,16H2,1-2H3,(H,28,30)(H,32,33)/b14-6+. The van der Waals surface area contributed by atoms with Crippen LogP contribution in [0, 0.1) is 19.7 Å². The first kappa shape index (κ1) is 23.4. The number of carbonyl (C=O) groups is 3. The van der Waals surface area contributed by atoms with Crippen molar-refractivity contribution in [3.63, 3.8) is 0 Å². The highest BCUT2D eigenvalue weighted by atomic mass is 19.1. The molecule has 168 valence electrons. The molecule has 0 heterocycles. The molecule has 0 aromatic heterocycles. The maximum atomic E-state index is 13.1. The molecule has 3 aromatic carbocycles. The molecule has 2 amide bonds. The van der Waals surface area contributed by atoms with Crippen LogP contribution in [0.15, 0.2) is 72.8 Å². The van der Waals surface area contributed by atoms with Crippen LogP contribution in [0.25, 0.3) is 6.08 Å². The second-order valence-electron chi connectivity index (χ2n) is 7.51. The van der Waals surface area contributed by atoms with Crippen molar-refractivity contribution in [3.05, 3.63) is 101 Å². The Morgan fingerprint density at radius 1 is 0.939 bits per heavy atom. The van der Waals surface area contributed by atoms with Crippen molar-refractivity contribution in [1.29, 1.82) is 0 Å². The van der Waals surface area contributed by atoms with Gasteiger partial charge in [-0.1, -0.05) is 18.2 Å². The maximum Gasteiger partial charge on any atom is 0.335 e. The number of carbonyl (C=O) groups excluding carboxylic acids is 2. The lowest BCUT2D eigenvalue weighted by atomic mass is 10.1. The van der Waals surface area contributed by atoms with Crippen molar-refractivity contribution in [2.75, 3.05) is 16.8 Å². The zero-order valence-corrected chi connectivity index (χ0v) is 18.2.